The van der Waals surface area contributed by atoms with Crippen LogP contribution in [0.4, 0.5) is 0 Å². The summed E-state index contributed by atoms with van der Waals surface area (Å²) in [6.07, 6.45) is 0. The average molecular weight is 210 g/mol. The Bertz CT molecular complexity index is 449. The first-order chi connectivity index (χ1) is 6.72. The van der Waals surface area contributed by atoms with E-state index in [9.17, 15) is 0 Å². The molecule has 0 saturated heterocycles. The molecule has 0 spiro atoms. The number of benzene rings is 1. The second-order valence-electron chi connectivity index (χ2n) is 3.44. The van der Waals surface area contributed by atoms with Crippen LogP contribution in [0, 0.1) is 0 Å². The van der Waals surface area contributed by atoms with Crippen molar-refractivity contribution in [1.29, 1.82) is 0 Å². The number of hydrogen-bond acceptors (Lipinski definition) is 2. The van der Waals surface area contributed by atoms with Gasteiger partial charge in [0.15, 0.2) is 5.58 Å². The van der Waals surface area contributed by atoms with Crippen molar-refractivity contribution in [2.24, 2.45) is 5.73 Å². The van der Waals surface area contributed by atoms with Crippen molar-refractivity contribution in [3.05, 3.63) is 35.0 Å². The average Bonchev–Trinajstić information content (AvgIpc) is 2.62. The van der Waals surface area contributed by atoms with Crippen LogP contribution in [0.5, 0.6) is 0 Å². The third-order valence-electron chi connectivity index (χ3n) is 2.35. The monoisotopic (exact) mass is 209 g/mol. The summed E-state index contributed by atoms with van der Waals surface area (Å²) in [6, 6.07) is 7.72. The molecule has 0 saturated carbocycles. The van der Waals surface area contributed by atoms with Crippen molar-refractivity contribution in [2.45, 2.75) is 12.8 Å². The van der Waals surface area contributed by atoms with Gasteiger partial charge in [-0.15, -0.1) is 0 Å². The SMILES string of the molecule is CC(CN)c1cc2cccc(Cl)c2o1. The Balaban J connectivity index is 2.56. The smallest absolute Gasteiger partial charge is 0.152 e. The van der Waals surface area contributed by atoms with Crippen LogP contribution in [-0.2, 0) is 0 Å². The molecule has 2 aromatic rings. The number of hydrogen-bond donors (Lipinski definition) is 1. The van der Waals surface area contributed by atoms with E-state index in [-0.39, 0.29) is 5.92 Å². The zero-order valence-corrected chi connectivity index (χ0v) is 8.71. The van der Waals surface area contributed by atoms with E-state index >= 15 is 0 Å². The van der Waals surface area contributed by atoms with E-state index in [2.05, 4.69) is 0 Å². The van der Waals surface area contributed by atoms with Gasteiger partial charge in [-0.3, -0.25) is 0 Å². The molecule has 0 aliphatic heterocycles. The zero-order chi connectivity index (χ0) is 10.1. The standard InChI is InChI=1S/C11H12ClNO/c1-7(6-13)10-5-8-3-2-4-9(12)11(8)14-10/h2-5,7H,6,13H2,1H3. The summed E-state index contributed by atoms with van der Waals surface area (Å²) >= 11 is 5.99. The highest BCUT2D eigenvalue weighted by molar-refractivity contribution is 6.34. The Morgan fingerprint density at radius 1 is 1.50 bits per heavy atom. The molecule has 0 amide bonds. The molecule has 0 fully saturated rings. The summed E-state index contributed by atoms with van der Waals surface area (Å²) in [5.41, 5.74) is 6.33. The highest BCUT2D eigenvalue weighted by Crippen LogP contribution is 2.29. The maximum absolute atomic E-state index is 5.99. The minimum atomic E-state index is 0.235. The van der Waals surface area contributed by atoms with E-state index in [1.54, 1.807) is 0 Å². The van der Waals surface area contributed by atoms with E-state index in [0.717, 1.165) is 16.7 Å². The fourth-order valence-electron chi connectivity index (χ4n) is 1.41. The maximum Gasteiger partial charge on any atom is 0.152 e. The van der Waals surface area contributed by atoms with Crippen LogP contribution in [-0.4, -0.2) is 6.54 Å². The summed E-state index contributed by atoms with van der Waals surface area (Å²) in [4.78, 5) is 0. The Morgan fingerprint density at radius 2 is 2.29 bits per heavy atom. The molecular formula is C11H12ClNO. The molecule has 14 heavy (non-hydrogen) atoms. The highest BCUT2D eigenvalue weighted by Gasteiger charge is 2.11. The molecule has 74 valence electrons. The molecule has 0 radical (unpaired) electrons. The van der Waals surface area contributed by atoms with Gasteiger partial charge in [-0.05, 0) is 12.1 Å². The normalized spacial score (nSPS) is 13.4. The lowest BCUT2D eigenvalue weighted by molar-refractivity contribution is 0.509. The van der Waals surface area contributed by atoms with E-state index in [0.29, 0.717) is 11.6 Å². The van der Waals surface area contributed by atoms with Crippen LogP contribution < -0.4 is 5.73 Å². The number of rotatable bonds is 2. The second kappa shape index (κ2) is 3.64. The van der Waals surface area contributed by atoms with Gasteiger partial charge < -0.3 is 10.2 Å². The van der Waals surface area contributed by atoms with Crippen LogP contribution in [0.25, 0.3) is 11.0 Å². The lowest BCUT2D eigenvalue weighted by atomic mass is 10.1. The van der Waals surface area contributed by atoms with Crippen molar-refractivity contribution in [2.75, 3.05) is 6.54 Å². The summed E-state index contributed by atoms with van der Waals surface area (Å²) in [7, 11) is 0. The number of furan rings is 1. The minimum absolute atomic E-state index is 0.235. The lowest BCUT2D eigenvalue weighted by Crippen LogP contribution is -2.07. The highest BCUT2D eigenvalue weighted by atomic mass is 35.5. The Hall–Kier alpha value is -0.990. The Morgan fingerprint density at radius 3 is 2.93 bits per heavy atom. The van der Waals surface area contributed by atoms with Gasteiger partial charge in [0.05, 0.1) is 5.02 Å². The maximum atomic E-state index is 5.99. The number of halogens is 1. The largest absolute Gasteiger partial charge is 0.459 e. The quantitative estimate of drug-likeness (QED) is 0.826. The third-order valence-corrected chi connectivity index (χ3v) is 2.65. The van der Waals surface area contributed by atoms with Gasteiger partial charge in [0.2, 0.25) is 0 Å². The molecule has 0 aliphatic carbocycles. The predicted octanol–water partition coefficient (Wildman–Crippen LogP) is 3.15. The van der Waals surface area contributed by atoms with Crippen LogP contribution in [0.1, 0.15) is 18.6 Å². The fourth-order valence-corrected chi connectivity index (χ4v) is 1.63. The molecule has 1 heterocycles. The molecule has 1 atom stereocenters. The molecule has 0 aliphatic rings. The van der Waals surface area contributed by atoms with Crippen molar-refractivity contribution >= 4 is 22.6 Å². The van der Waals surface area contributed by atoms with Crippen LogP contribution >= 0.6 is 11.6 Å². The zero-order valence-electron chi connectivity index (χ0n) is 7.96. The van der Waals surface area contributed by atoms with Gasteiger partial charge in [0.25, 0.3) is 0 Å². The van der Waals surface area contributed by atoms with Crippen molar-refractivity contribution < 1.29 is 4.42 Å². The second-order valence-corrected chi connectivity index (χ2v) is 3.85. The van der Waals surface area contributed by atoms with Crippen LogP contribution in [0.3, 0.4) is 0 Å². The third kappa shape index (κ3) is 1.51. The molecule has 2 rings (SSSR count). The first kappa shape index (κ1) is 9.56. The van der Waals surface area contributed by atoms with Gasteiger partial charge in [-0.25, -0.2) is 0 Å². The van der Waals surface area contributed by atoms with Gasteiger partial charge >= 0.3 is 0 Å². The summed E-state index contributed by atoms with van der Waals surface area (Å²) < 4.78 is 5.64. The molecule has 3 heteroatoms. The molecular weight excluding hydrogens is 198 g/mol. The van der Waals surface area contributed by atoms with Crippen LogP contribution in [0.15, 0.2) is 28.7 Å². The molecule has 1 unspecified atom stereocenters. The van der Waals surface area contributed by atoms with E-state index in [4.69, 9.17) is 21.8 Å². The number of fused-ring (bicyclic) bond motifs is 1. The predicted molar refractivity (Wildman–Crippen MR) is 58.7 cm³/mol. The summed E-state index contributed by atoms with van der Waals surface area (Å²) in [6.45, 7) is 2.61. The first-order valence-electron chi connectivity index (χ1n) is 4.60. The van der Waals surface area contributed by atoms with Crippen molar-refractivity contribution in [3.8, 4) is 0 Å². The van der Waals surface area contributed by atoms with E-state index in [1.165, 1.54) is 0 Å². The molecule has 1 aromatic heterocycles. The lowest BCUT2D eigenvalue weighted by Gasteiger charge is -2.01. The van der Waals surface area contributed by atoms with Gasteiger partial charge in [-0.2, -0.15) is 0 Å². The van der Waals surface area contributed by atoms with Gasteiger partial charge in [0.1, 0.15) is 5.76 Å². The van der Waals surface area contributed by atoms with Gasteiger partial charge in [0, 0.05) is 17.8 Å². The molecule has 2 nitrogen and oxygen atoms in total. The summed E-state index contributed by atoms with van der Waals surface area (Å²) in [5, 5.41) is 1.69. The van der Waals surface area contributed by atoms with Crippen molar-refractivity contribution in [1.82, 2.24) is 0 Å². The van der Waals surface area contributed by atoms with E-state index < -0.39 is 0 Å². The number of para-hydroxylation sites is 1. The topological polar surface area (TPSA) is 39.2 Å². The molecule has 0 bridgehead atoms. The Labute approximate surface area is 87.6 Å². The van der Waals surface area contributed by atoms with Crippen molar-refractivity contribution in [3.63, 3.8) is 0 Å². The minimum Gasteiger partial charge on any atom is -0.459 e. The summed E-state index contributed by atoms with van der Waals surface area (Å²) in [5.74, 6) is 1.13. The first-order valence-corrected chi connectivity index (χ1v) is 4.98. The molecule has 1 aromatic carbocycles. The molecule has 2 N–H and O–H groups in total. The number of nitrogens with two attached hydrogens (primary N) is 1. The Kier molecular flexibility index (Phi) is 2.48. The van der Waals surface area contributed by atoms with Crippen LogP contribution in [0.2, 0.25) is 5.02 Å². The van der Waals surface area contributed by atoms with Gasteiger partial charge in [-0.1, -0.05) is 30.7 Å². The van der Waals surface area contributed by atoms with E-state index in [1.807, 2.05) is 31.2 Å². The fraction of sp³-hybridized carbons (Fsp3) is 0.273.